The zero-order valence-electron chi connectivity index (χ0n) is 18.3. The first-order chi connectivity index (χ1) is 16.5. The van der Waals surface area contributed by atoms with Crippen LogP contribution in [0.4, 0.5) is 0 Å². The summed E-state index contributed by atoms with van der Waals surface area (Å²) in [6.45, 7) is 7.01. The molecule has 0 radical (unpaired) electrons. The number of benzene rings is 4. The van der Waals surface area contributed by atoms with Gasteiger partial charge in [-0.2, -0.15) is 0 Å². The van der Waals surface area contributed by atoms with Crippen LogP contribution < -0.4 is 0 Å². The second-order valence-corrected chi connectivity index (χ2v) is 7.51. The monoisotopic (exact) mass is 454 g/mol. The minimum Gasteiger partial charge on any atom is -0.506 e. The zero-order valence-corrected chi connectivity index (χ0v) is 18.3. The van der Waals surface area contributed by atoms with E-state index in [2.05, 4.69) is 13.2 Å². The Morgan fingerprint density at radius 3 is 1.47 bits per heavy atom. The summed E-state index contributed by atoms with van der Waals surface area (Å²) in [6.07, 6.45) is 2.85. The fourth-order valence-corrected chi connectivity index (χ4v) is 3.92. The van der Waals surface area contributed by atoms with Gasteiger partial charge >= 0.3 is 11.9 Å². The highest BCUT2D eigenvalue weighted by Gasteiger charge is 2.26. The third-order valence-corrected chi connectivity index (χ3v) is 5.40. The maximum absolute atomic E-state index is 12.7. The van der Waals surface area contributed by atoms with Crippen LogP contribution in [0.15, 0.2) is 86.0 Å². The predicted octanol–water partition coefficient (Wildman–Crippen LogP) is 5.76. The Labute approximate surface area is 196 Å². The van der Waals surface area contributed by atoms with E-state index >= 15 is 0 Å². The highest BCUT2D eigenvalue weighted by atomic mass is 16.5. The van der Waals surface area contributed by atoms with E-state index in [1.807, 2.05) is 0 Å². The van der Waals surface area contributed by atoms with Crippen molar-refractivity contribution in [2.45, 2.75) is 0 Å². The van der Waals surface area contributed by atoms with Gasteiger partial charge in [0.2, 0.25) is 0 Å². The molecule has 0 unspecified atom stereocenters. The second kappa shape index (κ2) is 9.50. The van der Waals surface area contributed by atoms with Crippen molar-refractivity contribution in [3.8, 4) is 22.6 Å². The average molecular weight is 454 g/mol. The van der Waals surface area contributed by atoms with Gasteiger partial charge in [0.15, 0.2) is 0 Å². The second-order valence-electron chi connectivity index (χ2n) is 7.51. The maximum atomic E-state index is 12.7. The lowest BCUT2D eigenvalue weighted by molar-refractivity contribution is 0.0536. The van der Waals surface area contributed by atoms with Crippen LogP contribution in [0.1, 0.15) is 20.7 Å². The molecular formula is C28H22O6. The van der Waals surface area contributed by atoms with Crippen molar-refractivity contribution < 1.29 is 29.3 Å². The molecule has 0 saturated carbocycles. The van der Waals surface area contributed by atoms with Gasteiger partial charge in [0, 0.05) is 11.1 Å². The molecule has 0 aliphatic carbocycles. The normalized spacial score (nSPS) is 10.7. The number of hydrogen-bond donors (Lipinski definition) is 2. The summed E-state index contributed by atoms with van der Waals surface area (Å²) in [5.74, 6) is -2.22. The molecule has 0 aliphatic rings. The predicted molar refractivity (Wildman–Crippen MR) is 131 cm³/mol. The third kappa shape index (κ3) is 3.97. The van der Waals surface area contributed by atoms with Crippen molar-refractivity contribution in [3.05, 3.63) is 97.1 Å². The number of phenolic OH excluding ortho intramolecular Hbond substituents is 2. The lowest BCUT2D eigenvalue weighted by Crippen LogP contribution is -2.08. The highest BCUT2D eigenvalue weighted by Crippen LogP contribution is 2.47. The minimum absolute atomic E-state index is 0.0285. The zero-order chi connectivity index (χ0) is 24.2. The van der Waals surface area contributed by atoms with E-state index in [-0.39, 0.29) is 47.0 Å². The molecule has 4 aromatic rings. The van der Waals surface area contributed by atoms with Gasteiger partial charge in [-0.25, -0.2) is 9.59 Å². The first-order valence-electron chi connectivity index (χ1n) is 10.5. The van der Waals surface area contributed by atoms with Crippen molar-refractivity contribution in [3.63, 3.8) is 0 Å². The fraction of sp³-hybridized carbons (Fsp3) is 0.0714. The molecule has 0 spiro atoms. The Kier molecular flexibility index (Phi) is 6.32. The molecule has 0 saturated heterocycles. The van der Waals surface area contributed by atoms with Crippen molar-refractivity contribution in [1.29, 1.82) is 0 Å². The molecule has 4 rings (SSSR count). The molecule has 0 bridgehead atoms. The number of carbonyl (C=O) groups excluding carboxylic acids is 2. The van der Waals surface area contributed by atoms with Crippen LogP contribution in [-0.2, 0) is 9.47 Å². The molecule has 0 aliphatic heterocycles. The van der Waals surface area contributed by atoms with Gasteiger partial charge in [0.25, 0.3) is 0 Å². The summed E-state index contributed by atoms with van der Waals surface area (Å²) < 4.78 is 10.3. The first-order valence-corrected chi connectivity index (χ1v) is 10.5. The standard InChI is InChI=1S/C28H22O6/c1-3-13-33-27(31)21-15-17-9-5-7-11-19(17)23(25(21)29)24-20-12-8-6-10-18(20)16-22(26(24)30)28(32)34-14-4-2/h3-12,15-16,29-30H,1-2,13-14H2. The van der Waals surface area contributed by atoms with E-state index in [9.17, 15) is 19.8 Å². The van der Waals surface area contributed by atoms with Crippen LogP contribution in [0.3, 0.4) is 0 Å². The molecule has 4 aromatic carbocycles. The van der Waals surface area contributed by atoms with Crippen molar-refractivity contribution in [1.82, 2.24) is 0 Å². The summed E-state index contributed by atoms with van der Waals surface area (Å²) in [7, 11) is 0. The topological polar surface area (TPSA) is 93.1 Å². The summed E-state index contributed by atoms with van der Waals surface area (Å²) in [5, 5.41) is 25.0. The molecule has 2 N–H and O–H groups in total. The van der Waals surface area contributed by atoms with Gasteiger partial charge in [0.1, 0.15) is 35.8 Å². The molecule has 0 amide bonds. The molecular weight excluding hydrogens is 432 g/mol. The molecule has 34 heavy (non-hydrogen) atoms. The largest absolute Gasteiger partial charge is 0.506 e. The van der Waals surface area contributed by atoms with Crippen LogP contribution in [0.25, 0.3) is 32.7 Å². The van der Waals surface area contributed by atoms with E-state index in [0.29, 0.717) is 21.5 Å². The van der Waals surface area contributed by atoms with E-state index < -0.39 is 11.9 Å². The lowest BCUT2D eigenvalue weighted by Gasteiger charge is -2.18. The van der Waals surface area contributed by atoms with Crippen LogP contribution in [-0.4, -0.2) is 35.4 Å². The van der Waals surface area contributed by atoms with E-state index in [1.165, 1.54) is 24.3 Å². The van der Waals surface area contributed by atoms with Gasteiger partial charge in [-0.05, 0) is 33.7 Å². The summed E-state index contributed by atoms with van der Waals surface area (Å²) in [5.41, 5.74) is 0.267. The van der Waals surface area contributed by atoms with E-state index in [4.69, 9.17) is 9.47 Å². The molecule has 170 valence electrons. The van der Waals surface area contributed by atoms with Crippen LogP contribution in [0, 0.1) is 0 Å². The average Bonchev–Trinajstić information content (AvgIpc) is 2.85. The highest BCUT2D eigenvalue weighted by molar-refractivity contribution is 6.15. The number of hydrogen-bond acceptors (Lipinski definition) is 6. The number of aromatic hydroxyl groups is 2. The summed E-state index contributed by atoms with van der Waals surface area (Å²) in [6, 6.07) is 17.3. The molecule has 0 heterocycles. The smallest absolute Gasteiger partial charge is 0.342 e. The Morgan fingerprint density at radius 2 is 1.09 bits per heavy atom. The number of ether oxygens (including phenoxy) is 2. The van der Waals surface area contributed by atoms with Crippen LogP contribution in [0.5, 0.6) is 11.5 Å². The Bertz CT molecular complexity index is 1340. The lowest BCUT2D eigenvalue weighted by atomic mass is 9.89. The molecule has 0 aromatic heterocycles. The quantitative estimate of drug-likeness (QED) is 0.273. The van der Waals surface area contributed by atoms with E-state index in [0.717, 1.165) is 0 Å². The first kappa shape index (κ1) is 22.6. The Hall–Kier alpha value is -4.58. The van der Waals surface area contributed by atoms with Gasteiger partial charge in [-0.1, -0.05) is 73.8 Å². The minimum atomic E-state index is -0.741. The van der Waals surface area contributed by atoms with Gasteiger partial charge in [-0.15, -0.1) is 0 Å². The van der Waals surface area contributed by atoms with Gasteiger partial charge in [-0.3, -0.25) is 0 Å². The summed E-state index contributed by atoms with van der Waals surface area (Å²) in [4.78, 5) is 25.4. The van der Waals surface area contributed by atoms with Crippen molar-refractivity contribution >= 4 is 33.5 Å². The Morgan fingerprint density at radius 1 is 0.706 bits per heavy atom. The number of fused-ring (bicyclic) bond motifs is 2. The van der Waals surface area contributed by atoms with Crippen LogP contribution in [0.2, 0.25) is 0 Å². The van der Waals surface area contributed by atoms with Gasteiger partial charge in [0.05, 0.1) is 0 Å². The number of esters is 2. The SMILES string of the molecule is C=CCOC(=O)c1cc2ccccc2c(-c2c(O)c(C(=O)OCC=C)cc3ccccc23)c1O. The Balaban J connectivity index is 2.09. The number of phenols is 2. The molecule has 6 heteroatoms. The molecule has 0 atom stereocenters. The number of rotatable bonds is 7. The number of carbonyl (C=O) groups is 2. The van der Waals surface area contributed by atoms with Gasteiger partial charge < -0.3 is 19.7 Å². The van der Waals surface area contributed by atoms with E-state index in [1.54, 1.807) is 48.5 Å². The van der Waals surface area contributed by atoms with Crippen molar-refractivity contribution in [2.75, 3.05) is 13.2 Å². The summed E-state index contributed by atoms with van der Waals surface area (Å²) >= 11 is 0. The van der Waals surface area contributed by atoms with Crippen molar-refractivity contribution in [2.24, 2.45) is 0 Å². The third-order valence-electron chi connectivity index (χ3n) is 5.40. The molecule has 0 fully saturated rings. The fourth-order valence-electron chi connectivity index (χ4n) is 3.92. The molecule has 6 nitrogen and oxygen atoms in total. The maximum Gasteiger partial charge on any atom is 0.342 e. The van der Waals surface area contributed by atoms with Crippen LogP contribution >= 0.6 is 0 Å².